The molecule has 0 aliphatic carbocycles. The maximum absolute atomic E-state index is 12.1. The quantitative estimate of drug-likeness (QED) is 0.559. The van der Waals surface area contributed by atoms with Crippen LogP contribution in [-0.2, 0) is 5.75 Å². The van der Waals surface area contributed by atoms with E-state index in [4.69, 9.17) is 4.74 Å². The number of para-hydroxylation sites is 1. The van der Waals surface area contributed by atoms with Gasteiger partial charge < -0.3 is 14.7 Å². The fourth-order valence-electron chi connectivity index (χ4n) is 2.50. The normalized spacial score (nSPS) is 11.2. The van der Waals surface area contributed by atoms with Crippen LogP contribution in [0.3, 0.4) is 0 Å². The van der Waals surface area contributed by atoms with Gasteiger partial charge in [-0.3, -0.25) is 4.79 Å². The van der Waals surface area contributed by atoms with E-state index in [1.165, 1.54) is 11.8 Å². The fraction of sp³-hybridized carbons (Fsp3) is 0.118. The molecular formula is C17H14N4O2S. The molecule has 0 unspecified atom stereocenters. The molecule has 0 saturated heterocycles. The second kappa shape index (κ2) is 6.01. The van der Waals surface area contributed by atoms with Crippen LogP contribution in [0, 0.1) is 0 Å². The Balaban J connectivity index is 1.59. The Morgan fingerprint density at radius 3 is 2.83 bits per heavy atom. The van der Waals surface area contributed by atoms with Gasteiger partial charge in [0, 0.05) is 6.07 Å². The van der Waals surface area contributed by atoms with Crippen molar-refractivity contribution in [3.05, 3.63) is 58.6 Å². The molecule has 7 heteroatoms. The first-order valence-corrected chi connectivity index (χ1v) is 8.36. The van der Waals surface area contributed by atoms with Crippen molar-refractivity contribution in [2.45, 2.75) is 10.9 Å². The largest absolute Gasteiger partial charge is 0.497 e. The number of hydrogen-bond acceptors (Lipinski definition) is 5. The Kier molecular flexibility index (Phi) is 3.70. The molecule has 0 fully saturated rings. The maximum Gasteiger partial charge on any atom is 0.258 e. The molecule has 2 aromatic heterocycles. The van der Waals surface area contributed by atoms with Gasteiger partial charge in [0.05, 0.1) is 34.8 Å². The monoisotopic (exact) mass is 338 g/mol. The van der Waals surface area contributed by atoms with Crippen LogP contribution in [0.2, 0.25) is 0 Å². The van der Waals surface area contributed by atoms with E-state index in [0.29, 0.717) is 22.5 Å². The number of nitrogens with zero attached hydrogens (tertiary/aromatic N) is 2. The lowest BCUT2D eigenvalue weighted by Gasteiger charge is -2.01. The molecule has 0 atom stereocenters. The first-order chi connectivity index (χ1) is 11.7. The molecule has 4 rings (SSSR count). The van der Waals surface area contributed by atoms with Crippen molar-refractivity contribution in [1.29, 1.82) is 0 Å². The van der Waals surface area contributed by atoms with Crippen molar-refractivity contribution in [3.63, 3.8) is 0 Å². The van der Waals surface area contributed by atoms with E-state index in [2.05, 4.69) is 19.9 Å². The van der Waals surface area contributed by atoms with Crippen LogP contribution >= 0.6 is 11.8 Å². The molecule has 120 valence electrons. The van der Waals surface area contributed by atoms with Crippen LogP contribution in [0.25, 0.3) is 21.9 Å². The Labute approximate surface area is 141 Å². The molecule has 2 aromatic carbocycles. The number of aromatic nitrogens is 4. The Hall–Kier alpha value is -2.80. The third kappa shape index (κ3) is 2.74. The predicted octanol–water partition coefficient (Wildman–Crippen LogP) is 3.10. The van der Waals surface area contributed by atoms with Crippen LogP contribution < -0.4 is 10.3 Å². The minimum Gasteiger partial charge on any atom is -0.497 e. The van der Waals surface area contributed by atoms with Crippen molar-refractivity contribution < 1.29 is 4.74 Å². The number of rotatable bonds is 4. The zero-order valence-corrected chi connectivity index (χ0v) is 13.7. The number of nitrogens with one attached hydrogen (secondary N) is 2. The van der Waals surface area contributed by atoms with Gasteiger partial charge in [0.25, 0.3) is 5.56 Å². The zero-order chi connectivity index (χ0) is 16.5. The SMILES string of the molecule is COc1ccc2nc(SCc3nc4ccccc4c(=O)[nH]3)[nH]c2c1. The Morgan fingerprint density at radius 2 is 1.96 bits per heavy atom. The zero-order valence-electron chi connectivity index (χ0n) is 12.9. The third-order valence-electron chi connectivity index (χ3n) is 3.67. The number of ether oxygens (including phenoxy) is 1. The summed E-state index contributed by atoms with van der Waals surface area (Å²) in [5.74, 6) is 1.93. The minimum absolute atomic E-state index is 0.120. The Morgan fingerprint density at radius 1 is 1.08 bits per heavy atom. The van der Waals surface area contributed by atoms with E-state index in [-0.39, 0.29) is 5.56 Å². The summed E-state index contributed by atoms with van der Waals surface area (Å²) in [7, 11) is 1.63. The molecule has 0 spiro atoms. The lowest BCUT2D eigenvalue weighted by Crippen LogP contribution is -2.11. The van der Waals surface area contributed by atoms with Crippen molar-refractivity contribution in [3.8, 4) is 5.75 Å². The molecule has 0 aliphatic rings. The molecule has 24 heavy (non-hydrogen) atoms. The number of H-pyrrole nitrogens is 2. The first kappa shape index (κ1) is 14.8. The van der Waals surface area contributed by atoms with Crippen molar-refractivity contribution in [2.24, 2.45) is 0 Å². The number of fused-ring (bicyclic) bond motifs is 2. The standard InChI is InChI=1S/C17H14N4O2S/c1-23-10-6-7-13-14(8-10)20-17(19-13)24-9-15-18-12-5-3-2-4-11(12)16(22)21-15/h2-8H,9H2,1H3,(H,19,20)(H,18,21,22). The van der Waals surface area contributed by atoms with Crippen LogP contribution in [0.15, 0.2) is 52.4 Å². The number of imidazole rings is 1. The molecule has 2 N–H and O–H groups in total. The van der Waals surface area contributed by atoms with Crippen LogP contribution in [0.4, 0.5) is 0 Å². The topological polar surface area (TPSA) is 83.7 Å². The number of benzene rings is 2. The average Bonchev–Trinajstić information content (AvgIpc) is 3.02. The highest BCUT2D eigenvalue weighted by Gasteiger charge is 2.07. The van der Waals surface area contributed by atoms with Gasteiger partial charge in [-0.2, -0.15) is 0 Å². The second-order valence-corrected chi connectivity index (χ2v) is 6.21. The summed E-state index contributed by atoms with van der Waals surface area (Å²) in [6.07, 6.45) is 0. The fourth-order valence-corrected chi connectivity index (χ4v) is 3.26. The lowest BCUT2D eigenvalue weighted by atomic mass is 10.2. The summed E-state index contributed by atoms with van der Waals surface area (Å²) in [4.78, 5) is 27.2. The van der Waals surface area contributed by atoms with Crippen molar-refractivity contribution >= 4 is 33.7 Å². The smallest absolute Gasteiger partial charge is 0.258 e. The van der Waals surface area contributed by atoms with Gasteiger partial charge in [-0.15, -0.1) is 0 Å². The van der Waals surface area contributed by atoms with E-state index in [1.54, 1.807) is 13.2 Å². The highest BCUT2D eigenvalue weighted by molar-refractivity contribution is 7.98. The molecule has 0 aliphatic heterocycles. The van der Waals surface area contributed by atoms with Crippen molar-refractivity contribution in [2.75, 3.05) is 7.11 Å². The van der Waals surface area contributed by atoms with Crippen LogP contribution in [-0.4, -0.2) is 27.0 Å². The van der Waals surface area contributed by atoms with Crippen molar-refractivity contribution in [1.82, 2.24) is 19.9 Å². The summed E-state index contributed by atoms with van der Waals surface area (Å²) < 4.78 is 5.21. The van der Waals surface area contributed by atoms with Gasteiger partial charge in [0.1, 0.15) is 11.6 Å². The van der Waals surface area contributed by atoms with E-state index in [0.717, 1.165) is 21.9 Å². The molecule has 6 nitrogen and oxygen atoms in total. The summed E-state index contributed by atoms with van der Waals surface area (Å²) in [6.45, 7) is 0. The number of hydrogen-bond donors (Lipinski definition) is 2. The van der Waals surface area contributed by atoms with Gasteiger partial charge in [-0.25, -0.2) is 9.97 Å². The van der Waals surface area contributed by atoms with Gasteiger partial charge in [0.2, 0.25) is 0 Å². The summed E-state index contributed by atoms with van der Waals surface area (Å²) in [5.41, 5.74) is 2.37. The highest BCUT2D eigenvalue weighted by Crippen LogP contribution is 2.24. The molecule has 0 radical (unpaired) electrons. The van der Waals surface area contributed by atoms with Crippen LogP contribution in [0.5, 0.6) is 5.75 Å². The number of methoxy groups -OCH3 is 1. The van der Waals surface area contributed by atoms with E-state index >= 15 is 0 Å². The molecule has 4 aromatic rings. The van der Waals surface area contributed by atoms with Gasteiger partial charge >= 0.3 is 0 Å². The van der Waals surface area contributed by atoms with Gasteiger partial charge in [-0.1, -0.05) is 23.9 Å². The summed E-state index contributed by atoms with van der Waals surface area (Å²) >= 11 is 1.49. The van der Waals surface area contributed by atoms with Gasteiger partial charge in [0.15, 0.2) is 5.16 Å². The third-order valence-corrected chi connectivity index (χ3v) is 4.56. The second-order valence-electron chi connectivity index (χ2n) is 5.24. The summed E-state index contributed by atoms with van der Waals surface area (Å²) in [5, 5.41) is 1.37. The maximum atomic E-state index is 12.1. The highest BCUT2D eigenvalue weighted by atomic mass is 32.2. The summed E-state index contributed by atoms with van der Waals surface area (Å²) in [6, 6.07) is 13.0. The first-order valence-electron chi connectivity index (χ1n) is 7.37. The lowest BCUT2D eigenvalue weighted by molar-refractivity contribution is 0.415. The van der Waals surface area contributed by atoms with E-state index in [9.17, 15) is 4.79 Å². The van der Waals surface area contributed by atoms with Crippen LogP contribution in [0.1, 0.15) is 5.82 Å². The number of thioether (sulfide) groups is 1. The molecule has 0 saturated carbocycles. The predicted molar refractivity (Wildman–Crippen MR) is 94.6 cm³/mol. The molecule has 0 amide bonds. The minimum atomic E-state index is -0.120. The van der Waals surface area contributed by atoms with E-state index in [1.807, 2.05) is 36.4 Å². The van der Waals surface area contributed by atoms with Gasteiger partial charge in [-0.05, 0) is 24.3 Å². The Bertz CT molecular complexity index is 1090. The number of aromatic amines is 2. The molecule has 0 bridgehead atoms. The average molecular weight is 338 g/mol. The molecular weight excluding hydrogens is 324 g/mol. The van der Waals surface area contributed by atoms with E-state index < -0.39 is 0 Å². The molecule has 2 heterocycles.